The second-order valence-electron chi connectivity index (χ2n) is 6.74. The van der Waals surface area contributed by atoms with Crippen molar-refractivity contribution in [2.24, 2.45) is 16.6 Å². The van der Waals surface area contributed by atoms with Crippen LogP contribution in [0, 0.1) is 5.92 Å². The smallest absolute Gasteiger partial charge is 0.191 e. The summed E-state index contributed by atoms with van der Waals surface area (Å²) in [6, 6.07) is 0.807. The van der Waals surface area contributed by atoms with Crippen molar-refractivity contribution in [3.8, 4) is 0 Å². The molecule has 0 bridgehead atoms. The van der Waals surface area contributed by atoms with E-state index < -0.39 is 0 Å². The summed E-state index contributed by atoms with van der Waals surface area (Å²) in [6.07, 6.45) is 8.13. The summed E-state index contributed by atoms with van der Waals surface area (Å²) >= 11 is 0. The average Bonchev–Trinajstić information content (AvgIpc) is 3.01. The lowest BCUT2D eigenvalue weighted by Gasteiger charge is -2.47. The van der Waals surface area contributed by atoms with Gasteiger partial charge in [-0.3, -0.25) is 4.99 Å². The van der Waals surface area contributed by atoms with Crippen LogP contribution in [0.2, 0.25) is 0 Å². The predicted molar refractivity (Wildman–Crippen MR) is 72.5 cm³/mol. The Morgan fingerprint density at radius 1 is 1.28 bits per heavy atom. The van der Waals surface area contributed by atoms with E-state index in [9.17, 15) is 0 Å². The average molecular weight is 248 g/mol. The van der Waals surface area contributed by atoms with E-state index in [1.54, 1.807) is 0 Å². The second kappa shape index (κ2) is 3.86. The van der Waals surface area contributed by atoms with Crippen LogP contribution in [0.1, 0.15) is 38.5 Å². The van der Waals surface area contributed by atoms with Gasteiger partial charge in [-0.25, -0.2) is 0 Å². The summed E-state index contributed by atoms with van der Waals surface area (Å²) in [7, 11) is 0. The molecule has 2 unspecified atom stereocenters. The van der Waals surface area contributed by atoms with E-state index in [2.05, 4.69) is 14.8 Å². The van der Waals surface area contributed by atoms with Gasteiger partial charge in [0.25, 0.3) is 0 Å². The van der Waals surface area contributed by atoms with Crippen molar-refractivity contribution in [2.75, 3.05) is 26.2 Å². The summed E-state index contributed by atoms with van der Waals surface area (Å²) in [4.78, 5) is 9.77. The van der Waals surface area contributed by atoms with Crippen LogP contribution in [0.5, 0.6) is 0 Å². The minimum Gasteiger partial charge on any atom is -0.370 e. The minimum absolute atomic E-state index is 0.290. The lowest BCUT2D eigenvalue weighted by molar-refractivity contribution is 0.0607. The Balaban J connectivity index is 1.54. The number of aliphatic imine (C=N–C) groups is 1. The fourth-order valence-electron chi connectivity index (χ4n) is 4.19. The third-order valence-electron chi connectivity index (χ3n) is 5.50. The van der Waals surface area contributed by atoms with E-state index in [0.29, 0.717) is 0 Å². The van der Waals surface area contributed by atoms with Crippen molar-refractivity contribution in [3.63, 3.8) is 0 Å². The van der Waals surface area contributed by atoms with Gasteiger partial charge in [0, 0.05) is 19.1 Å². The molecule has 3 aliphatic heterocycles. The zero-order valence-corrected chi connectivity index (χ0v) is 11.1. The van der Waals surface area contributed by atoms with Gasteiger partial charge in [0.2, 0.25) is 0 Å². The quantitative estimate of drug-likeness (QED) is 0.793. The summed E-state index contributed by atoms with van der Waals surface area (Å²) in [5.74, 6) is 1.73. The van der Waals surface area contributed by atoms with Crippen molar-refractivity contribution < 1.29 is 0 Å². The number of fused-ring (bicyclic) bond motifs is 1. The van der Waals surface area contributed by atoms with E-state index in [4.69, 9.17) is 5.73 Å². The maximum atomic E-state index is 6.16. The molecule has 3 fully saturated rings. The van der Waals surface area contributed by atoms with Crippen LogP contribution in [0.25, 0.3) is 0 Å². The molecule has 2 saturated heterocycles. The van der Waals surface area contributed by atoms with E-state index in [1.165, 1.54) is 58.2 Å². The molecule has 4 rings (SSSR count). The second-order valence-corrected chi connectivity index (χ2v) is 6.74. The number of hydrogen-bond acceptors (Lipinski definition) is 4. The van der Waals surface area contributed by atoms with Gasteiger partial charge in [-0.2, -0.15) is 0 Å². The Bertz CT molecular complexity index is 376. The zero-order valence-electron chi connectivity index (χ0n) is 11.1. The molecule has 2 atom stereocenters. The van der Waals surface area contributed by atoms with Crippen LogP contribution in [-0.4, -0.2) is 53.5 Å². The Kier molecular flexibility index (Phi) is 2.38. The van der Waals surface area contributed by atoms with Crippen molar-refractivity contribution >= 4 is 5.96 Å². The lowest BCUT2D eigenvalue weighted by atomic mass is 9.82. The number of nitrogens with zero attached hydrogens (tertiary/aromatic N) is 3. The van der Waals surface area contributed by atoms with Gasteiger partial charge in [0.1, 0.15) is 0 Å². The standard InChI is InChI=1S/C14H24N4/c15-13-16-10-14(18(13)9-11-3-4-11)5-7-17-6-1-2-12(17)8-14/h11-12H,1-10H2,(H2,15,16). The maximum Gasteiger partial charge on any atom is 0.191 e. The van der Waals surface area contributed by atoms with E-state index >= 15 is 0 Å². The zero-order chi connectivity index (χ0) is 12.2. The Labute approximate surface area is 109 Å². The molecule has 1 spiro atoms. The van der Waals surface area contributed by atoms with Gasteiger partial charge >= 0.3 is 0 Å². The third-order valence-corrected chi connectivity index (χ3v) is 5.50. The fourth-order valence-corrected chi connectivity index (χ4v) is 4.19. The van der Waals surface area contributed by atoms with Crippen LogP contribution in [0.15, 0.2) is 4.99 Å². The molecule has 0 aromatic carbocycles. The number of piperidine rings is 1. The molecule has 18 heavy (non-hydrogen) atoms. The Morgan fingerprint density at radius 3 is 3.00 bits per heavy atom. The topological polar surface area (TPSA) is 44.9 Å². The van der Waals surface area contributed by atoms with Gasteiger partial charge in [-0.05, 0) is 51.0 Å². The summed E-state index contributed by atoms with van der Waals surface area (Å²) < 4.78 is 0. The van der Waals surface area contributed by atoms with E-state index in [1.807, 2.05) is 0 Å². The molecule has 4 nitrogen and oxygen atoms in total. The van der Waals surface area contributed by atoms with Crippen LogP contribution in [-0.2, 0) is 0 Å². The first-order valence-electron chi connectivity index (χ1n) is 7.58. The van der Waals surface area contributed by atoms with Crippen molar-refractivity contribution in [1.29, 1.82) is 0 Å². The molecule has 1 aliphatic carbocycles. The van der Waals surface area contributed by atoms with E-state index in [0.717, 1.165) is 24.5 Å². The monoisotopic (exact) mass is 248 g/mol. The highest BCUT2D eigenvalue weighted by atomic mass is 15.4. The highest BCUT2D eigenvalue weighted by molar-refractivity contribution is 5.81. The Morgan fingerprint density at radius 2 is 2.17 bits per heavy atom. The maximum absolute atomic E-state index is 6.16. The molecule has 3 heterocycles. The molecule has 100 valence electrons. The van der Waals surface area contributed by atoms with Gasteiger partial charge in [0.15, 0.2) is 5.96 Å². The van der Waals surface area contributed by atoms with Gasteiger partial charge in [0.05, 0.1) is 12.1 Å². The Hall–Kier alpha value is -0.770. The molecule has 4 aliphatic rings. The first-order valence-corrected chi connectivity index (χ1v) is 7.58. The van der Waals surface area contributed by atoms with Gasteiger partial charge in [-0.15, -0.1) is 0 Å². The van der Waals surface area contributed by atoms with Gasteiger partial charge in [-0.1, -0.05) is 0 Å². The molecular formula is C14H24N4. The number of hydrogen-bond donors (Lipinski definition) is 1. The highest BCUT2D eigenvalue weighted by Gasteiger charge is 2.49. The molecule has 2 N–H and O–H groups in total. The molecule has 0 amide bonds. The van der Waals surface area contributed by atoms with Crippen molar-refractivity contribution in [3.05, 3.63) is 0 Å². The summed E-state index contributed by atoms with van der Waals surface area (Å²) in [5, 5.41) is 0. The lowest BCUT2D eigenvalue weighted by Crippen LogP contribution is -2.59. The normalized spacial score (nSPS) is 40.3. The number of rotatable bonds is 2. The summed E-state index contributed by atoms with van der Waals surface area (Å²) in [6.45, 7) is 4.70. The molecule has 4 heteroatoms. The summed E-state index contributed by atoms with van der Waals surface area (Å²) in [5.41, 5.74) is 6.45. The van der Waals surface area contributed by atoms with E-state index in [-0.39, 0.29) is 5.54 Å². The van der Waals surface area contributed by atoms with Crippen molar-refractivity contribution in [2.45, 2.75) is 50.1 Å². The number of guanidine groups is 1. The molecule has 0 aromatic heterocycles. The minimum atomic E-state index is 0.290. The largest absolute Gasteiger partial charge is 0.370 e. The molecular weight excluding hydrogens is 224 g/mol. The SMILES string of the molecule is NC1=NCC2(CCN3CCCC3C2)N1CC1CC1. The molecule has 0 radical (unpaired) electrons. The molecule has 1 saturated carbocycles. The van der Waals surface area contributed by atoms with Crippen LogP contribution in [0.3, 0.4) is 0 Å². The van der Waals surface area contributed by atoms with Crippen LogP contribution < -0.4 is 5.73 Å². The van der Waals surface area contributed by atoms with Crippen LogP contribution >= 0.6 is 0 Å². The van der Waals surface area contributed by atoms with Crippen LogP contribution in [0.4, 0.5) is 0 Å². The molecule has 0 aromatic rings. The fraction of sp³-hybridized carbons (Fsp3) is 0.929. The van der Waals surface area contributed by atoms with Gasteiger partial charge < -0.3 is 15.5 Å². The van der Waals surface area contributed by atoms with Crippen molar-refractivity contribution in [1.82, 2.24) is 9.80 Å². The number of nitrogens with two attached hydrogens (primary N) is 1. The predicted octanol–water partition coefficient (Wildman–Crippen LogP) is 1.02. The first kappa shape index (κ1) is 11.1. The highest BCUT2D eigenvalue weighted by Crippen LogP contribution is 2.41. The third kappa shape index (κ3) is 1.65. The first-order chi connectivity index (χ1) is 8.77.